The molecule has 8 heteroatoms. The van der Waals surface area contributed by atoms with Gasteiger partial charge in [0.1, 0.15) is 5.69 Å². The zero-order valence-electron chi connectivity index (χ0n) is 17.5. The monoisotopic (exact) mass is 421 g/mol. The van der Waals surface area contributed by atoms with Gasteiger partial charge in [-0.1, -0.05) is 11.6 Å². The predicted molar refractivity (Wildman–Crippen MR) is 120 cm³/mol. The molecule has 7 nitrogen and oxygen atoms in total. The van der Waals surface area contributed by atoms with Crippen LogP contribution in [-0.4, -0.2) is 49.7 Å². The first kappa shape index (κ1) is 19.2. The SMILES string of the molecule is Cc1cn2nc(-c3cc(Cl)c4cc(N5C[C@H](C)N[C@@H](C)C5)cnc4n3)cc(C)c2n1. The average molecular weight is 422 g/mol. The van der Waals surface area contributed by atoms with Crippen molar-refractivity contribution in [1.82, 2.24) is 29.9 Å². The highest BCUT2D eigenvalue weighted by Crippen LogP contribution is 2.30. The number of piperazine rings is 1. The van der Waals surface area contributed by atoms with Crippen LogP contribution in [0, 0.1) is 13.8 Å². The first-order chi connectivity index (χ1) is 14.4. The summed E-state index contributed by atoms with van der Waals surface area (Å²) in [5.41, 5.74) is 5.97. The summed E-state index contributed by atoms with van der Waals surface area (Å²) in [6, 6.07) is 6.81. The molecule has 0 aromatic carbocycles. The molecular weight excluding hydrogens is 398 g/mol. The second-order valence-corrected chi connectivity index (χ2v) is 8.70. The maximum Gasteiger partial charge on any atom is 0.161 e. The van der Waals surface area contributed by atoms with Gasteiger partial charge in [0.25, 0.3) is 0 Å². The highest BCUT2D eigenvalue weighted by molar-refractivity contribution is 6.35. The molecule has 1 fully saturated rings. The predicted octanol–water partition coefficient (Wildman–Crippen LogP) is 3.80. The van der Waals surface area contributed by atoms with Crippen LogP contribution in [0.3, 0.4) is 0 Å². The molecule has 0 aliphatic carbocycles. The zero-order chi connectivity index (χ0) is 21.0. The first-order valence-corrected chi connectivity index (χ1v) is 10.6. The van der Waals surface area contributed by atoms with Gasteiger partial charge in [-0.15, -0.1) is 0 Å². The molecule has 0 amide bonds. The van der Waals surface area contributed by atoms with Crippen molar-refractivity contribution in [2.24, 2.45) is 0 Å². The van der Waals surface area contributed by atoms with Crippen LogP contribution in [0.25, 0.3) is 28.1 Å². The standard InChI is InChI=1S/C22H24ClN7/c1-12-5-20(28-30-11-15(4)26-22(12)30)19-7-18(23)17-6-16(8-24-21(17)27-19)29-9-13(2)25-14(3)10-29/h5-8,11,13-14,25H,9-10H2,1-4H3/t13-,14-/m0/s1. The fraction of sp³-hybridized carbons (Fsp3) is 0.364. The molecule has 4 aromatic heterocycles. The summed E-state index contributed by atoms with van der Waals surface area (Å²) in [6.07, 6.45) is 3.80. The summed E-state index contributed by atoms with van der Waals surface area (Å²) in [6.45, 7) is 10.3. The number of hydrogen-bond acceptors (Lipinski definition) is 6. The minimum Gasteiger partial charge on any atom is -0.367 e. The van der Waals surface area contributed by atoms with Crippen LogP contribution in [0.15, 0.2) is 30.6 Å². The maximum absolute atomic E-state index is 6.68. The Morgan fingerprint density at radius 1 is 1.03 bits per heavy atom. The number of aromatic nitrogens is 5. The fourth-order valence-electron chi connectivity index (χ4n) is 4.27. The molecule has 5 rings (SSSR count). The first-order valence-electron chi connectivity index (χ1n) is 10.2. The molecule has 0 spiro atoms. The lowest BCUT2D eigenvalue weighted by molar-refractivity contribution is 0.407. The summed E-state index contributed by atoms with van der Waals surface area (Å²) >= 11 is 6.68. The third-order valence-electron chi connectivity index (χ3n) is 5.51. The number of aryl methyl sites for hydroxylation is 2. The van der Waals surface area contributed by atoms with Crippen molar-refractivity contribution in [3.8, 4) is 11.4 Å². The third-order valence-corrected chi connectivity index (χ3v) is 5.83. The number of anilines is 1. The topological polar surface area (TPSA) is 71.2 Å². The highest BCUT2D eigenvalue weighted by Gasteiger charge is 2.22. The minimum absolute atomic E-state index is 0.427. The van der Waals surface area contributed by atoms with Crippen LogP contribution in [0.1, 0.15) is 25.1 Å². The van der Waals surface area contributed by atoms with E-state index in [9.17, 15) is 0 Å². The minimum atomic E-state index is 0.427. The van der Waals surface area contributed by atoms with E-state index in [0.717, 1.165) is 46.8 Å². The van der Waals surface area contributed by atoms with Gasteiger partial charge in [-0.2, -0.15) is 5.10 Å². The number of nitrogens with one attached hydrogen (secondary N) is 1. The van der Waals surface area contributed by atoms with Crippen molar-refractivity contribution in [3.63, 3.8) is 0 Å². The van der Waals surface area contributed by atoms with E-state index < -0.39 is 0 Å². The molecule has 4 aromatic rings. The van der Waals surface area contributed by atoms with Crippen molar-refractivity contribution in [2.75, 3.05) is 18.0 Å². The van der Waals surface area contributed by atoms with E-state index in [2.05, 4.69) is 45.2 Å². The summed E-state index contributed by atoms with van der Waals surface area (Å²) in [5, 5.41) is 9.71. The molecule has 5 heterocycles. The molecular formula is C22H24ClN7. The molecule has 0 unspecified atom stereocenters. The smallest absolute Gasteiger partial charge is 0.161 e. The molecule has 1 aliphatic heterocycles. The number of imidazole rings is 1. The van der Waals surface area contributed by atoms with Gasteiger partial charge < -0.3 is 10.2 Å². The quantitative estimate of drug-likeness (QED) is 0.531. The number of hydrogen-bond donors (Lipinski definition) is 1. The van der Waals surface area contributed by atoms with Gasteiger partial charge in [-0.05, 0) is 51.5 Å². The van der Waals surface area contributed by atoms with Crippen molar-refractivity contribution in [1.29, 1.82) is 0 Å². The largest absolute Gasteiger partial charge is 0.367 e. The van der Waals surface area contributed by atoms with E-state index >= 15 is 0 Å². The van der Waals surface area contributed by atoms with Gasteiger partial charge in [0.2, 0.25) is 0 Å². The number of nitrogens with zero attached hydrogens (tertiary/aromatic N) is 6. The van der Waals surface area contributed by atoms with Crippen LogP contribution in [-0.2, 0) is 0 Å². The van der Waals surface area contributed by atoms with Gasteiger partial charge in [0, 0.05) is 30.6 Å². The summed E-state index contributed by atoms with van der Waals surface area (Å²) in [5.74, 6) is 0. The van der Waals surface area contributed by atoms with E-state index in [-0.39, 0.29) is 0 Å². The molecule has 1 N–H and O–H groups in total. The van der Waals surface area contributed by atoms with E-state index in [1.807, 2.05) is 38.4 Å². The summed E-state index contributed by atoms with van der Waals surface area (Å²) < 4.78 is 1.79. The highest BCUT2D eigenvalue weighted by atomic mass is 35.5. The summed E-state index contributed by atoms with van der Waals surface area (Å²) in [4.78, 5) is 16.3. The van der Waals surface area contributed by atoms with Crippen LogP contribution in [0.4, 0.5) is 5.69 Å². The van der Waals surface area contributed by atoms with E-state index in [4.69, 9.17) is 16.6 Å². The molecule has 0 saturated carbocycles. The van der Waals surface area contributed by atoms with Gasteiger partial charge >= 0.3 is 0 Å². The molecule has 154 valence electrons. The number of fused-ring (bicyclic) bond motifs is 2. The number of pyridine rings is 2. The van der Waals surface area contributed by atoms with E-state index in [0.29, 0.717) is 28.4 Å². The Balaban J connectivity index is 1.56. The van der Waals surface area contributed by atoms with Crippen LogP contribution < -0.4 is 10.2 Å². The molecule has 30 heavy (non-hydrogen) atoms. The Labute approximate surface area is 180 Å². The van der Waals surface area contributed by atoms with E-state index in [1.54, 1.807) is 4.52 Å². The molecule has 0 radical (unpaired) electrons. The average Bonchev–Trinajstić information content (AvgIpc) is 3.08. The lowest BCUT2D eigenvalue weighted by Crippen LogP contribution is -2.54. The Kier molecular flexibility index (Phi) is 4.60. The van der Waals surface area contributed by atoms with E-state index in [1.165, 1.54) is 0 Å². The Hall–Kier alpha value is -2.77. The second-order valence-electron chi connectivity index (χ2n) is 8.29. The molecule has 0 bridgehead atoms. The number of halogens is 1. The lowest BCUT2D eigenvalue weighted by Gasteiger charge is -2.37. The van der Waals surface area contributed by atoms with Gasteiger partial charge in [0.15, 0.2) is 11.3 Å². The molecule has 1 saturated heterocycles. The zero-order valence-corrected chi connectivity index (χ0v) is 18.3. The van der Waals surface area contributed by atoms with Crippen molar-refractivity contribution >= 4 is 34.0 Å². The van der Waals surface area contributed by atoms with Gasteiger partial charge in [-0.25, -0.2) is 19.5 Å². The normalized spacial score (nSPS) is 19.7. The maximum atomic E-state index is 6.68. The second kappa shape index (κ2) is 7.18. The van der Waals surface area contributed by atoms with Gasteiger partial charge in [-0.3, -0.25) is 0 Å². The Morgan fingerprint density at radius 2 is 1.80 bits per heavy atom. The Bertz CT molecular complexity index is 1260. The van der Waals surface area contributed by atoms with Gasteiger partial charge in [0.05, 0.1) is 34.5 Å². The van der Waals surface area contributed by atoms with Crippen molar-refractivity contribution in [2.45, 2.75) is 39.8 Å². The molecule has 1 aliphatic rings. The lowest BCUT2D eigenvalue weighted by atomic mass is 10.1. The van der Waals surface area contributed by atoms with Crippen molar-refractivity contribution < 1.29 is 0 Å². The van der Waals surface area contributed by atoms with Crippen LogP contribution in [0.5, 0.6) is 0 Å². The fourth-order valence-corrected chi connectivity index (χ4v) is 4.51. The van der Waals surface area contributed by atoms with Crippen LogP contribution in [0.2, 0.25) is 5.02 Å². The van der Waals surface area contributed by atoms with Crippen molar-refractivity contribution in [3.05, 3.63) is 46.9 Å². The summed E-state index contributed by atoms with van der Waals surface area (Å²) in [7, 11) is 0. The number of rotatable bonds is 2. The Morgan fingerprint density at radius 3 is 2.57 bits per heavy atom. The van der Waals surface area contributed by atoms with Crippen LogP contribution >= 0.6 is 11.6 Å². The molecule has 2 atom stereocenters. The third kappa shape index (κ3) is 3.38.